The molecule has 2 N–H and O–H groups in total. The third-order valence-electron chi connectivity index (χ3n) is 4.72. The maximum Gasteiger partial charge on any atom is 0.411 e. The number of carbonyl (C=O) groups is 2. The fourth-order valence-corrected chi connectivity index (χ4v) is 3.88. The van der Waals surface area contributed by atoms with Gasteiger partial charge >= 0.3 is 6.09 Å². The molecule has 4 aromatic rings. The minimum absolute atomic E-state index is 0.0542. The molecule has 0 saturated carbocycles. The molecule has 3 heterocycles. The summed E-state index contributed by atoms with van der Waals surface area (Å²) < 4.78 is 20.3. The molecule has 1 aromatic carbocycles. The summed E-state index contributed by atoms with van der Waals surface area (Å²) in [4.78, 5) is 30.3. The largest absolute Gasteiger partial charge is 0.453 e. The molecule has 0 unspecified atom stereocenters. The van der Waals surface area contributed by atoms with Crippen molar-refractivity contribution < 1.29 is 18.7 Å². The number of hydrogen-bond acceptors (Lipinski definition) is 6. The molecule has 3 aromatic heterocycles. The first kappa shape index (κ1) is 21.4. The topological polar surface area (TPSA) is 98.1 Å². The zero-order chi connectivity index (χ0) is 22.8. The predicted molar refractivity (Wildman–Crippen MR) is 122 cm³/mol. The molecule has 8 nitrogen and oxygen atoms in total. The van der Waals surface area contributed by atoms with Crippen LogP contribution in [0.4, 0.5) is 20.6 Å². The molecular formula is C22H20FN5O3S. The minimum atomic E-state index is -0.815. The third-order valence-corrected chi connectivity index (χ3v) is 5.61. The first-order valence-electron chi connectivity index (χ1n) is 9.75. The first-order valence-corrected chi connectivity index (χ1v) is 10.6. The van der Waals surface area contributed by atoms with Crippen molar-refractivity contribution in [2.75, 3.05) is 17.7 Å². The zero-order valence-electron chi connectivity index (χ0n) is 17.5. The molecule has 2 amide bonds. The number of fused-ring (bicyclic) bond motifs is 1. The van der Waals surface area contributed by atoms with E-state index in [9.17, 15) is 14.0 Å². The number of methoxy groups -OCH3 is 1. The van der Waals surface area contributed by atoms with Crippen LogP contribution in [0.1, 0.15) is 30.2 Å². The number of aromatic nitrogens is 3. The third kappa shape index (κ3) is 4.17. The molecule has 164 valence electrons. The van der Waals surface area contributed by atoms with Crippen molar-refractivity contribution in [2.24, 2.45) is 0 Å². The van der Waals surface area contributed by atoms with Crippen LogP contribution in [0.5, 0.6) is 0 Å². The normalized spacial score (nSPS) is 11.0. The van der Waals surface area contributed by atoms with Gasteiger partial charge in [-0.3, -0.25) is 10.1 Å². The number of thiophene rings is 1. The second-order valence-corrected chi connectivity index (χ2v) is 8.17. The summed E-state index contributed by atoms with van der Waals surface area (Å²) in [5.74, 6) is -1.06. The Morgan fingerprint density at radius 1 is 1.19 bits per heavy atom. The number of halogens is 1. The number of pyridine rings is 1. The second-order valence-electron chi connectivity index (χ2n) is 7.22. The molecule has 0 aliphatic carbocycles. The summed E-state index contributed by atoms with van der Waals surface area (Å²) in [6, 6.07) is 9.50. The summed E-state index contributed by atoms with van der Waals surface area (Å²) in [5.41, 5.74) is 1.84. The Kier molecular flexibility index (Phi) is 5.87. The van der Waals surface area contributed by atoms with Gasteiger partial charge in [-0.05, 0) is 49.6 Å². The Morgan fingerprint density at radius 2 is 2.00 bits per heavy atom. The highest BCUT2D eigenvalue weighted by atomic mass is 32.1. The first-order chi connectivity index (χ1) is 15.4. The van der Waals surface area contributed by atoms with E-state index in [0.717, 1.165) is 10.9 Å². The van der Waals surface area contributed by atoms with Crippen molar-refractivity contribution in [3.63, 3.8) is 0 Å². The predicted octanol–water partition coefficient (Wildman–Crippen LogP) is 5.31. The lowest BCUT2D eigenvalue weighted by Gasteiger charge is -2.12. The highest BCUT2D eigenvalue weighted by Gasteiger charge is 2.19. The molecule has 0 bridgehead atoms. The van der Waals surface area contributed by atoms with Crippen LogP contribution in [0, 0.1) is 5.82 Å². The van der Waals surface area contributed by atoms with E-state index in [2.05, 4.69) is 20.5 Å². The van der Waals surface area contributed by atoms with Gasteiger partial charge in [-0.2, -0.15) is 5.10 Å². The lowest BCUT2D eigenvalue weighted by atomic mass is 10.1. The average molecular weight is 453 g/mol. The SMILES string of the molecule is COC(=O)Nc1cc(NC(=O)c2cc(-c3cccs3)nc3c2cnn3C(C)C)ccc1F. The van der Waals surface area contributed by atoms with Gasteiger partial charge in [0, 0.05) is 11.7 Å². The van der Waals surface area contributed by atoms with Crippen LogP contribution in [0.3, 0.4) is 0 Å². The number of nitrogens with zero attached hydrogens (tertiary/aromatic N) is 3. The molecule has 0 saturated heterocycles. The summed E-state index contributed by atoms with van der Waals surface area (Å²) in [6.07, 6.45) is 0.801. The summed E-state index contributed by atoms with van der Waals surface area (Å²) in [5, 5.41) is 12.0. The fourth-order valence-electron chi connectivity index (χ4n) is 3.19. The standard InChI is InChI=1S/C22H20FN5O3S/c1-12(2)28-20-15(11-24-28)14(10-18(26-20)19-5-4-8-32-19)21(29)25-13-6-7-16(23)17(9-13)27-22(30)31-3/h4-12H,1-3H3,(H,25,29)(H,27,30). The van der Waals surface area contributed by atoms with Crippen molar-refractivity contribution in [2.45, 2.75) is 19.9 Å². The molecule has 0 fully saturated rings. The Labute approximate surface area is 187 Å². The quantitative estimate of drug-likeness (QED) is 0.427. The lowest BCUT2D eigenvalue weighted by Crippen LogP contribution is -2.15. The second kappa shape index (κ2) is 8.75. The van der Waals surface area contributed by atoms with Gasteiger partial charge in [0.05, 0.1) is 40.5 Å². The molecular weight excluding hydrogens is 433 g/mol. The van der Waals surface area contributed by atoms with E-state index < -0.39 is 17.8 Å². The van der Waals surface area contributed by atoms with Crippen molar-refractivity contribution in [3.8, 4) is 10.6 Å². The number of rotatable bonds is 5. The van der Waals surface area contributed by atoms with Gasteiger partial charge in [0.1, 0.15) is 5.82 Å². The van der Waals surface area contributed by atoms with Gasteiger partial charge in [0.15, 0.2) is 5.65 Å². The average Bonchev–Trinajstić information content (AvgIpc) is 3.45. The Morgan fingerprint density at radius 3 is 2.69 bits per heavy atom. The number of anilines is 2. The van der Waals surface area contributed by atoms with Crippen molar-refractivity contribution >= 4 is 45.7 Å². The molecule has 0 radical (unpaired) electrons. The Bertz CT molecular complexity index is 1300. The highest BCUT2D eigenvalue weighted by molar-refractivity contribution is 7.13. The molecule has 0 aliphatic rings. The molecule has 4 rings (SSSR count). The maximum absolute atomic E-state index is 14.0. The van der Waals surface area contributed by atoms with E-state index in [0.29, 0.717) is 28.0 Å². The van der Waals surface area contributed by atoms with Gasteiger partial charge in [0.25, 0.3) is 5.91 Å². The number of ether oxygens (including phenoxy) is 1. The van der Waals surface area contributed by atoms with Crippen molar-refractivity contribution in [1.82, 2.24) is 14.8 Å². The number of nitrogens with one attached hydrogen (secondary N) is 2. The van der Waals surface area contributed by atoms with Gasteiger partial charge in [-0.25, -0.2) is 18.9 Å². The summed E-state index contributed by atoms with van der Waals surface area (Å²) >= 11 is 1.52. The smallest absolute Gasteiger partial charge is 0.411 e. The van der Waals surface area contributed by atoms with Crippen LogP contribution < -0.4 is 10.6 Å². The molecule has 10 heteroatoms. The lowest BCUT2D eigenvalue weighted by molar-refractivity contribution is 0.102. The van der Waals surface area contributed by atoms with Crippen LogP contribution in [-0.4, -0.2) is 33.9 Å². The van der Waals surface area contributed by atoms with Crippen molar-refractivity contribution in [1.29, 1.82) is 0 Å². The summed E-state index contributed by atoms with van der Waals surface area (Å²) in [6.45, 7) is 3.97. The number of amides is 2. The van der Waals surface area contributed by atoms with E-state index in [1.807, 2.05) is 31.4 Å². The molecule has 0 atom stereocenters. The van der Waals surface area contributed by atoms with Crippen LogP contribution >= 0.6 is 11.3 Å². The van der Waals surface area contributed by atoms with E-state index in [1.165, 1.54) is 30.6 Å². The minimum Gasteiger partial charge on any atom is -0.453 e. The van der Waals surface area contributed by atoms with Crippen LogP contribution in [0.25, 0.3) is 21.6 Å². The van der Waals surface area contributed by atoms with Crippen molar-refractivity contribution in [3.05, 3.63) is 59.4 Å². The maximum atomic E-state index is 14.0. The van der Waals surface area contributed by atoms with Gasteiger partial charge in [-0.1, -0.05) is 6.07 Å². The van der Waals surface area contributed by atoms with Gasteiger partial charge < -0.3 is 10.1 Å². The van der Waals surface area contributed by atoms with Crippen LogP contribution in [-0.2, 0) is 4.74 Å². The number of carbonyl (C=O) groups excluding carboxylic acids is 2. The number of hydrogen-bond donors (Lipinski definition) is 2. The van der Waals surface area contributed by atoms with E-state index in [4.69, 9.17) is 4.98 Å². The highest BCUT2D eigenvalue weighted by Crippen LogP contribution is 2.29. The molecule has 32 heavy (non-hydrogen) atoms. The monoisotopic (exact) mass is 453 g/mol. The molecule has 0 aliphatic heterocycles. The van der Waals surface area contributed by atoms with E-state index in [-0.39, 0.29) is 11.7 Å². The van der Waals surface area contributed by atoms with Crippen LogP contribution in [0.15, 0.2) is 48.0 Å². The van der Waals surface area contributed by atoms with E-state index >= 15 is 0 Å². The van der Waals surface area contributed by atoms with Gasteiger partial charge in [-0.15, -0.1) is 11.3 Å². The Balaban J connectivity index is 1.74. The zero-order valence-corrected chi connectivity index (χ0v) is 18.4. The number of benzene rings is 1. The fraction of sp³-hybridized carbons (Fsp3) is 0.182. The van der Waals surface area contributed by atoms with Gasteiger partial charge in [0.2, 0.25) is 0 Å². The Hall–Kier alpha value is -3.79. The summed E-state index contributed by atoms with van der Waals surface area (Å²) in [7, 11) is 1.18. The van der Waals surface area contributed by atoms with E-state index in [1.54, 1.807) is 16.9 Å². The van der Waals surface area contributed by atoms with Crippen LogP contribution in [0.2, 0.25) is 0 Å². The molecule has 0 spiro atoms.